The molecule has 0 saturated heterocycles. The molecule has 0 aliphatic heterocycles. The zero-order valence-electron chi connectivity index (χ0n) is 9.43. The molecule has 5 nitrogen and oxygen atoms in total. The summed E-state index contributed by atoms with van der Waals surface area (Å²) in [4.78, 5) is 8.16. The first kappa shape index (κ1) is 11.1. The number of rotatable bonds is 3. The Morgan fingerprint density at radius 1 is 1.19 bits per heavy atom. The number of methoxy groups -OCH3 is 1. The Labute approximate surface area is 95.0 Å². The van der Waals surface area contributed by atoms with Crippen molar-refractivity contribution in [3.8, 4) is 11.8 Å². The van der Waals surface area contributed by atoms with E-state index in [2.05, 4.69) is 9.97 Å². The number of nitrogens with two attached hydrogens (primary N) is 1. The number of nitrogens with zero attached hydrogens (tertiary/aromatic N) is 2. The summed E-state index contributed by atoms with van der Waals surface area (Å²) >= 11 is 0. The maximum Gasteiger partial charge on any atom is 0.235 e. The average molecular weight is 223 g/mol. The zero-order chi connectivity index (χ0) is 11.4. The van der Waals surface area contributed by atoms with Crippen LogP contribution in [0.2, 0.25) is 0 Å². The molecule has 2 rings (SSSR count). The lowest BCUT2D eigenvalue weighted by Crippen LogP contribution is -2.31. The molecule has 1 aliphatic carbocycles. The van der Waals surface area contributed by atoms with Crippen LogP contribution >= 0.6 is 0 Å². The molecule has 0 atom stereocenters. The highest BCUT2D eigenvalue weighted by atomic mass is 16.5. The lowest BCUT2D eigenvalue weighted by Gasteiger charge is -2.26. The van der Waals surface area contributed by atoms with E-state index in [1.54, 1.807) is 19.5 Å². The first-order valence-corrected chi connectivity index (χ1v) is 5.56. The van der Waals surface area contributed by atoms with E-state index < -0.39 is 0 Å². The summed E-state index contributed by atoms with van der Waals surface area (Å²) in [6.07, 6.45) is 7.38. The van der Waals surface area contributed by atoms with Gasteiger partial charge < -0.3 is 15.2 Å². The SMILES string of the molecule is COc1cncc(OC2CCC(N)CC2)n1. The van der Waals surface area contributed by atoms with E-state index in [0.29, 0.717) is 17.8 Å². The number of aromatic nitrogens is 2. The summed E-state index contributed by atoms with van der Waals surface area (Å²) < 4.78 is 10.7. The fourth-order valence-corrected chi connectivity index (χ4v) is 1.86. The highest BCUT2D eigenvalue weighted by Gasteiger charge is 2.20. The van der Waals surface area contributed by atoms with Gasteiger partial charge in [-0.05, 0) is 25.7 Å². The maximum absolute atomic E-state index is 5.83. The molecule has 1 saturated carbocycles. The van der Waals surface area contributed by atoms with Crippen molar-refractivity contribution in [3.05, 3.63) is 12.4 Å². The Balaban J connectivity index is 1.93. The van der Waals surface area contributed by atoms with Crippen molar-refractivity contribution < 1.29 is 9.47 Å². The van der Waals surface area contributed by atoms with E-state index in [9.17, 15) is 0 Å². The van der Waals surface area contributed by atoms with Gasteiger partial charge in [-0.25, -0.2) is 0 Å². The third-order valence-corrected chi connectivity index (χ3v) is 2.81. The molecular formula is C11H17N3O2. The lowest BCUT2D eigenvalue weighted by molar-refractivity contribution is 0.139. The van der Waals surface area contributed by atoms with Crippen LogP contribution in [-0.2, 0) is 0 Å². The van der Waals surface area contributed by atoms with Crippen molar-refractivity contribution in [1.29, 1.82) is 0 Å². The predicted octanol–water partition coefficient (Wildman–Crippen LogP) is 1.13. The van der Waals surface area contributed by atoms with Gasteiger partial charge in [0.1, 0.15) is 6.10 Å². The van der Waals surface area contributed by atoms with E-state index in [1.807, 2.05) is 0 Å². The Hall–Kier alpha value is -1.36. The minimum Gasteiger partial charge on any atom is -0.480 e. The summed E-state index contributed by atoms with van der Waals surface area (Å²) in [6, 6.07) is 0.330. The Bertz CT molecular complexity index is 338. The van der Waals surface area contributed by atoms with Crippen LogP contribution in [-0.4, -0.2) is 29.2 Å². The molecule has 16 heavy (non-hydrogen) atoms. The molecular weight excluding hydrogens is 206 g/mol. The molecule has 0 bridgehead atoms. The van der Waals surface area contributed by atoms with Gasteiger partial charge in [-0.15, -0.1) is 0 Å². The standard InChI is InChI=1S/C11H17N3O2/c1-15-10-6-13-7-11(14-10)16-9-4-2-8(12)3-5-9/h6-9H,2-5,12H2,1H3. The van der Waals surface area contributed by atoms with Crippen molar-refractivity contribution in [2.75, 3.05) is 7.11 Å². The van der Waals surface area contributed by atoms with Gasteiger partial charge in [0.25, 0.3) is 0 Å². The Morgan fingerprint density at radius 2 is 1.88 bits per heavy atom. The highest BCUT2D eigenvalue weighted by molar-refractivity contribution is 5.12. The molecule has 1 aromatic rings. The van der Waals surface area contributed by atoms with Crippen LogP contribution in [0.15, 0.2) is 12.4 Å². The van der Waals surface area contributed by atoms with E-state index in [-0.39, 0.29) is 6.10 Å². The van der Waals surface area contributed by atoms with Crippen LogP contribution in [0.5, 0.6) is 11.8 Å². The van der Waals surface area contributed by atoms with Gasteiger partial charge in [-0.1, -0.05) is 0 Å². The minimum atomic E-state index is 0.209. The first-order chi connectivity index (χ1) is 7.78. The van der Waals surface area contributed by atoms with Crippen LogP contribution in [0, 0.1) is 0 Å². The molecule has 0 aromatic carbocycles. The predicted molar refractivity (Wildman–Crippen MR) is 59.4 cm³/mol. The van der Waals surface area contributed by atoms with Gasteiger partial charge in [0, 0.05) is 6.04 Å². The normalized spacial score (nSPS) is 25.1. The van der Waals surface area contributed by atoms with E-state index in [0.717, 1.165) is 25.7 Å². The molecule has 1 fully saturated rings. The van der Waals surface area contributed by atoms with Crippen molar-refractivity contribution >= 4 is 0 Å². The summed E-state index contributed by atoms with van der Waals surface area (Å²) in [6.45, 7) is 0. The van der Waals surface area contributed by atoms with Gasteiger partial charge in [-0.2, -0.15) is 4.98 Å². The molecule has 5 heteroatoms. The topological polar surface area (TPSA) is 70.3 Å². The molecule has 1 aromatic heterocycles. The third kappa shape index (κ3) is 2.82. The Morgan fingerprint density at radius 3 is 2.56 bits per heavy atom. The average Bonchev–Trinajstić information content (AvgIpc) is 2.32. The fraction of sp³-hybridized carbons (Fsp3) is 0.636. The van der Waals surface area contributed by atoms with Crippen LogP contribution in [0.1, 0.15) is 25.7 Å². The summed E-state index contributed by atoms with van der Waals surface area (Å²) in [5, 5.41) is 0. The van der Waals surface area contributed by atoms with E-state index >= 15 is 0 Å². The third-order valence-electron chi connectivity index (χ3n) is 2.81. The zero-order valence-corrected chi connectivity index (χ0v) is 9.43. The molecule has 1 heterocycles. The molecule has 0 unspecified atom stereocenters. The van der Waals surface area contributed by atoms with Crippen LogP contribution in [0.4, 0.5) is 0 Å². The molecule has 0 amide bonds. The number of hydrogen-bond donors (Lipinski definition) is 1. The second-order valence-electron chi connectivity index (χ2n) is 4.05. The summed E-state index contributed by atoms with van der Waals surface area (Å²) in [5.41, 5.74) is 5.83. The van der Waals surface area contributed by atoms with Gasteiger partial charge >= 0.3 is 0 Å². The minimum absolute atomic E-state index is 0.209. The van der Waals surface area contributed by atoms with Crippen molar-refractivity contribution in [3.63, 3.8) is 0 Å². The van der Waals surface area contributed by atoms with E-state index in [4.69, 9.17) is 15.2 Å². The highest BCUT2D eigenvalue weighted by Crippen LogP contribution is 2.22. The lowest BCUT2D eigenvalue weighted by atomic mass is 9.94. The summed E-state index contributed by atoms with van der Waals surface area (Å²) in [5.74, 6) is 1.00. The van der Waals surface area contributed by atoms with Gasteiger partial charge in [0.2, 0.25) is 11.8 Å². The van der Waals surface area contributed by atoms with Gasteiger partial charge in [0.15, 0.2) is 0 Å². The second kappa shape index (κ2) is 5.12. The quantitative estimate of drug-likeness (QED) is 0.831. The molecule has 88 valence electrons. The molecule has 2 N–H and O–H groups in total. The fourth-order valence-electron chi connectivity index (χ4n) is 1.86. The number of hydrogen-bond acceptors (Lipinski definition) is 5. The first-order valence-electron chi connectivity index (χ1n) is 5.56. The van der Waals surface area contributed by atoms with Gasteiger partial charge in [0.05, 0.1) is 19.5 Å². The number of ether oxygens (including phenoxy) is 2. The van der Waals surface area contributed by atoms with Crippen molar-refractivity contribution in [2.24, 2.45) is 5.73 Å². The monoisotopic (exact) mass is 223 g/mol. The Kier molecular flexibility index (Phi) is 3.56. The van der Waals surface area contributed by atoms with Crippen molar-refractivity contribution in [2.45, 2.75) is 37.8 Å². The van der Waals surface area contributed by atoms with Crippen LogP contribution in [0.25, 0.3) is 0 Å². The van der Waals surface area contributed by atoms with Crippen molar-refractivity contribution in [1.82, 2.24) is 9.97 Å². The van der Waals surface area contributed by atoms with E-state index in [1.165, 1.54) is 0 Å². The largest absolute Gasteiger partial charge is 0.480 e. The smallest absolute Gasteiger partial charge is 0.235 e. The molecule has 0 radical (unpaired) electrons. The van der Waals surface area contributed by atoms with Gasteiger partial charge in [-0.3, -0.25) is 4.98 Å². The van der Waals surface area contributed by atoms with Crippen LogP contribution < -0.4 is 15.2 Å². The molecule has 1 aliphatic rings. The second-order valence-corrected chi connectivity index (χ2v) is 4.05. The molecule has 0 spiro atoms. The summed E-state index contributed by atoms with van der Waals surface area (Å²) in [7, 11) is 1.56. The van der Waals surface area contributed by atoms with Crippen LogP contribution in [0.3, 0.4) is 0 Å². The maximum atomic E-state index is 5.83.